The van der Waals surface area contributed by atoms with Gasteiger partial charge in [0.25, 0.3) is 15.9 Å². The van der Waals surface area contributed by atoms with Crippen LogP contribution in [-0.4, -0.2) is 38.4 Å². The molecule has 3 rings (SSSR count). The van der Waals surface area contributed by atoms with Crippen LogP contribution in [0.4, 0.5) is 5.69 Å². The SMILES string of the molecule is Cc1ccc(NS(=O)(=O)c2ccc(C(=O)N3CCCC(N)C3)cc2)cc1.Cl. The van der Waals surface area contributed by atoms with E-state index in [2.05, 4.69) is 4.72 Å². The van der Waals surface area contributed by atoms with Crippen LogP contribution in [0.25, 0.3) is 0 Å². The highest BCUT2D eigenvalue weighted by Crippen LogP contribution is 2.19. The molecule has 27 heavy (non-hydrogen) atoms. The molecule has 2 aromatic carbocycles. The molecule has 0 saturated carbocycles. The van der Waals surface area contributed by atoms with Crippen molar-refractivity contribution >= 4 is 34.0 Å². The summed E-state index contributed by atoms with van der Waals surface area (Å²) in [7, 11) is -3.70. The number of hydrogen-bond donors (Lipinski definition) is 2. The second kappa shape index (κ2) is 8.73. The van der Waals surface area contributed by atoms with Gasteiger partial charge in [-0.05, 0) is 56.2 Å². The number of likely N-dealkylation sites (tertiary alicyclic amines) is 1. The van der Waals surface area contributed by atoms with E-state index in [1.807, 2.05) is 19.1 Å². The number of nitrogens with two attached hydrogens (primary N) is 1. The van der Waals surface area contributed by atoms with Gasteiger partial charge in [-0.1, -0.05) is 17.7 Å². The Morgan fingerprint density at radius 2 is 1.74 bits per heavy atom. The van der Waals surface area contributed by atoms with Gasteiger partial charge in [-0.2, -0.15) is 0 Å². The molecule has 1 heterocycles. The lowest BCUT2D eigenvalue weighted by Gasteiger charge is -2.30. The van der Waals surface area contributed by atoms with Crippen LogP contribution in [0.2, 0.25) is 0 Å². The van der Waals surface area contributed by atoms with E-state index in [0.717, 1.165) is 18.4 Å². The van der Waals surface area contributed by atoms with Crippen LogP contribution in [0.3, 0.4) is 0 Å². The van der Waals surface area contributed by atoms with Crippen molar-refractivity contribution < 1.29 is 13.2 Å². The molecular formula is C19H24ClN3O3S. The average molecular weight is 410 g/mol. The summed E-state index contributed by atoms with van der Waals surface area (Å²) in [6, 6.07) is 13.1. The highest BCUT2D eigenvalue weighted by molar-refractivity contribution is 7.92. The standard InChI is InChI=1S/C19H23N3O3S.ClH/c1-14-4-8-17(9-5-14)21-26(24,25)18-10-6-15(7-11-18)19(23)22-12-2-3-16(20)13-22;/h4-11,16,21H,2-3,12-13,20H2,1H3;1H. The number of rotatable bonds is 4. The molecule has 0 aliphatic carbocycles. The Balaban J connectivity index is 0.00000261. The zero-order valence-corrected chi connectivity index (χ0v) is 16.7. The summed E-state index contributed by atoms with van der Waals surface area (Å²) in [6.07, 6.45) is 1.81. The molecule has 8 heteroatoms. The number of benzene rings is 2. The van der Waals surface area contributed by atoms with Crippen molar-refractivity contribution in [3.63, 3.8) is 0 Å². The molecule has 0 spiro atoms. The van der Waals surface area contributed by atoms with Crippen molar-refractivity contribution in [2.45, 2.75) is 30.7 Å². The van der Waals surface area contributed by atoms with E-state index < -0.39 is 10.0 Å². The normalized spacial score (nSPS) is 17.1. The lowest BCUT2D eigenvalue weighted by molar-refractivity contribution is 0.0708. The van der Waals surface area contributed by atoms with Crippen molar-refractivity contribution in [1.82, 2.24) is 4.90 Å². The minimum Gasteiger partial charge on any atom is -0.337 e. The van der Waals surface area contributed by atoms with Crippen molar-refractivity contribution in [3.8, 4) is 0 Å². The Hall–Kier alpha value is -2.09. The summed E-state index contributed by atoms with van der Waals surface area (Å²) in [4.78, 5) is 14.4. The van der Waals surface area contributed by atoms with Crippen molar-refractivity contribution in [3.05, 3.63) is 59.7 Å². The predicted octanol–water partition coefficient (Wildman–Crippen LogP) is 2.78. The molecule has 6 nitrogen and oxygen atoms in total. The van der Waals surface area contributed by atoms with Gasteiger partial charge in [0.15, 0.2) is 0 Å². The molecule has 2 aromatic rings. The van der Waals surface area contributed by atoms with Gasteiger partial charge in [-0.15, -0.1) is 12.4 Å². The van der Waals surface area contributed by atoms with Crippen LogP contribution in [0.5, 0.6) is 0 Å². The van der Waals surface area contributed by atoms with Crippen LogP contribution < -0.4 is 10.5 Å². The lowest BCUT2D eigenvalue weighted by atomic mass is 10.1. The van der Waals surface area contributed by atoms with Gasteiger partial charge in [-0.25, -0.2) is 8.42 Å². The second-order valence-electron chi connectivity index (χ2n) is 6.65. The maximum absolute atomic E-state index is 12.5. The molecule has 3 N–H and O–H groups in total. The van der Waals surface area contributed by atoms with E-state index in [-0.39, 0.29) is 29.3 Å². The minimum atomic E-state index is -3.70. The molecule has 0 radical (unpaired) electrons. The maximum Gasteiger partial charge on any atom is 0.261 e. The Labute approximate surface area is 166 Å². The van der Waals surface area contributed by atoms with Gasteiger partial charge in [0.2, 0.25) is 0 Å². The highest BCUT2D eigenvalue weighted by atomic mass is 35.5. The first kappa shape index (κ1) is 21.2. The van der Waals surface area contributed by atoms with Crippen LogP contribution in [-0.2, 0) is 10.0 Å². The van der Waals surface area contributed by atoms with E-state index in [4.69, 9.17) is 5.73 Å². The Morgan fingerprint density at radius 1 is 1.11 bits per heavy atom. The van der Waals surface area contributed by atoms with E-state index >= 15 is 0 Å². The number of nitrogens with zero attached hydrogens (tertiary/aromatic N) is 1. The molecule has 1 fully saturated rings. The van der Waals surface area contributed by atoms with Crippen molar-refractivity contribution in [1.29, 1.82) is 0 Å². The minimum absolute atomic E-state index is 0. The molecule has 1 saturated heterocycles. The Kier molecular flexibility index (Phi) is 6.86. The Morgan fingerprint density at radius 3 is 2.33 bits per heavy atom. The fourth-order valence-electron chi connectivity index (χ4n) is 2.99. The number of carbonyl (C=O) groups is 1. The molecule has 1 unspecified atom stereocenters. The predicted molar refractivity (Wildman–Crippen MR) is 109 cm³/mol. The first-order valence-electron chi connectivity index (χ1n) is 8.59. The monoisotopic (exact) mass is 409 g/mol. The van der Waals surface area contributed by atoms with Gasteiger partial charge in [-0.3, -0.25) is 9.52 Å². The molecular weight excluding hydrogens is 386 g/mol. The van der Waals surface area contributed by atoms with Gasteiger partial charge < -0.3 is 10.6 Å². The number of piperidine rings is 1. The van der Waals surface area contributed by atoms with E-state index in [1.54, 1.807) is 29.2 Å². The molecule has 1 aliphatic rings. The summed E-state index contributed by atoms with van der Waals surface area (Å²) in [6.45, 7) is 3.15. The summed E-state index contributed by atoms with van der Waals surface area (Å²) < 4.78 is 27.5. The van der Waals surface area contributed by atoms with Gasteiger partial charge in [0.1, 0.15) is 0 Å². The van der Waals surface area contributed by atoms with Gasteiger partial charge in [0, 0.05) is 30.4 Å². The molecule has 1 aliphatic heterocycles. The number of nitrogens with one attached hydrogen (secondary N) is 1. The van der Waals surface area contributed by atoms with Crippen molar-refractivity contribution in [2.75, 3.05) is 17.8 Å². The summed E-state index contributed by atoms with van der Waals surface area (Å²) >= 11 is 0. The number of amides is 1. The number of anilines is 1. The molecule has 146 valence electrons. The van der Waals surface area contributed by atoms with Crippen LogP contribution >= 0.6 is 12.4 Å². The third-order valence-corrected chi connectivity index (χ3v) is 5.86. The highest BCUT2D eigenvalue weighted by Gasteiger charge is 2.23. The number of aryl methyl sites for hydroxylation is 1. The molecule has 0 aromatic heterocycles. The second-order valence-corrected chi connectivity index (χ2v) is 8.33. The van der Waals surface area contributed by atoms with Crippen LogP contribution in [0, 0.1) is 6.92 Å². The summed E-state index contributed by atoms with van der Waals surface area (Å²) in [5, 5.41) is 0. The largest absolute Gasteiger partial charge is 0.337 e. The van der Waals surface area contributed by atoms with E-state index in [9.17, 15) is 13.2 Å². The Bertz CT molecular complexity index is 883. The smallest absolute Gasteiger partial charge is 0.261 e. The number of halogens is 1. The summed E-state index contributed by atoms with van der Waals surface area (Å²) in [5.74, 6) is -0.115. The molecule has 1 amide bonds. The van der Waals surface area contributed by atoms with Crippen LogP contribution in [0.1, 0.15) is 28.8 Å². The average Bonchev–Trinajstić information content (AvgIpc) is 2.63. The lowest BCUT2D eigenvalue weighted by Crippen LogP contribution is -2.45. The number of hydrogen-bond acceptors (Lipinski definition) is 4. The topological polar surface area (TPSA) is 92.5 Å². The zero-order valence-electron chi connectivity index (χ0n) is 15.1. The number of sulfonamides is 1. The molecule has 1 atom stereocenters. The van der Waals surface area contributed by atoms with Crippen molar-refractivity contribution in [2.24, 2.45) is 5.73 Å². The van der Waals surface area contributed by atoms with Crippen LogP contribution in [0.15, 0.2) is 53.4 Å². The fraction of sp³-hybridized carbons (Fsp3) is 0.316. The van der Waals surface area contributed by atoms with E-state index in [1.165, 1.54) is 12.1 Å². The first-order valence-corrected chi connectivity index (χ1v) is 10.1. The third-order valence-electron chi connectivity index (χ3n) is 4.46. The number of carbonyl (C=O) groups excluding carboxylic acids is 1. The van der Waals surface area contributed by atoms with E-state index in [0.29, 0.717) is 24.3 Å². The third kappa shape index (κ3) is 5.22. The van der Waals surface area contributed by atoms with Gasteiger partial charge in [0.05, 0.1) is 4.90 Å². The molecule has 0 bridgehead atoms. The fourth-order valence-corrected chi connectivity index (χ4v) is 4.05. The van der Waals surface area contributed by atoms with Gasteiger partial charge >= 0.3 is 0 Å². The maximum atomic E-state index is 12.5. The first-order chi connectivity index (χ1) is 12.3. The quantitative estimate of drug-likeness (QED) is 0.812. The zero-order chi connectivity index (χ0) is 18.7. The summed E-state index contributed by atoms with van der Waals surface area (Å²) in [5.41, 5.74) is 7.94.